The molecule has 1 aromatic heterocycles. The predicted octanol–water partition coefficient (Wildman–Crippen LogP) is 5.01. The number of ether oxygens (including phenoxy) is 1. The van der Waals surface area contributed by atoms with Gasteiger partial charge >= 0.3 is 0 Å². The molecule has 0 aliphatic rings. The van der Waals surface area contributed by atoms with E-state index in [2.05, 4.69) is 26.6 Å². The van der Waals surface area contributed by atoms with Gasteiger partial charge < -0.3 is 19.8 Å². The van der Waals surface area contributed by atoms with E-state index in [4.69, 9.17) is 9.15 Å². The third kappa shape index (κ3) is 5.71. The molecule has 3 aromatic rings. The highest BCUT2D eigenvalue weighted by Gasteiger charge is 2.17. The Bertz CT molecular complexity index is 1010. The summed E-state index contributed by atoms with van der Waals surface area (Å²) >= 11 is 3.39. The van der Waals surface area contributed by atoms with Gasteiger partial charge in [-0.05, 0) is 56.3 Å². The molecule has 7 heteroatoms. The van der Waals surface area contributed by atoms with Crippen molar-refractivity contribution in [3.05, 3.63) is 82.2 Å². The van der Waals surface area contributed by atoms with Crippen molar-refractivity contribution >= 4 is 33.4 Å². The van der Waals surface area contributed by atoms with Crippen LogP contribution < -0.4 is 15.4 Å². The molecule has 1 heterocycles. The van der Waals surface area contributed by atoms with E-state index in [9.17, 15) is 9.59 Å². The number of hydrogen-bond donors (Lipinski definition) is 2. The second kappa shape index (κ2) is 9.43. The summed E-state index contributed by atoms with van der Waals surface area (Å²) in [5.41, 5.74) is 0.804. The number of nitrogens with one attached hydrogen (secondary N) is 2. The van der Waals surface area contributed by atoms with Crippen molar-refractivity contribution in [1.82, 2.24) is 5.32 Å². The lowest BCUT2D eigenvalue weighted by Gasteiger charge is -2.12. The Morgan fingerprint density at radius 2 is 1.83 bits per heavy atom. The fourth-order valence-corrected chi connectivity index (χ4v) is 2.98. The maximum atomic E-state index is 12.6. The Morgan fingerprint density at radius 1 is 1.03 bits per heavy atom. The summed E-state index contributed by atoms with van der Waals surface area (Å²) in [6, 6.07) is 17.5. The van der Waals surface area contributed by atoms with E-state index in [0.717, 1.165) is 4.47 Å². The number of carbonyl (C=O) groups excluding carboxylic acids is 2. The number of anilines is 1. The quantitative estimate of drug-likeness (QED) is 0.523. The molecule has 2 amide bonds. The summed E-state index contributed by atoms with van der Waals surface area (Å²) in [6.07, 6.45) is 0. The van der Waals surface area contributed by atoms with Crippen LogP contribution in [0, 0.1) is 0 Å². The fourth-order valence-electron chi connectivity index (χ4n) is 2.60. The summed E-state index contributed by atoms with van der Waals surface area (Å²) in [4.78, 5) is 24.9. The van der Waals surface area contributed by atoms with Crippen molar-refractivity contribution in [3.8, 4) is 5.75 Å². The van der Waals surface area contributed by atoms with E-state index in [-0.39, 0.29) is 24.3 Å². The molecule has 0 fully saturated rings. The summed E-state index contributed by atoms with van der Waals surface area (Å²) in [7, 11) is 0. The number of para-hydroxylation sites is 1. The molecule has 6 nitrogen and oxygen atoms in total. The van der Waals surface area contributed by atoms with Crippen LogP contribution in [0.2, 0.25) is 0 Å². The van der Waals surface area contributed by atoms with E-state index >= 15 is 0 Å². The molecule has 2 N–H and O–H groups in total. The molecule has 0 aliphatic carbocycles. The second-order valence-electron chi connectivity index (χ2n) is 6.64. The van der Waals surface area contributed by atoms with Gasteiger partial charge in [-0.3, -0.25) is 9.59 Å². The van der Waals surface area contributed by atoms with Gasteiger partial charge in [0.05, 0.1) is 11.3 Å². The number of carbonyl (C=O) groups is 2. The molecular weight excluding hydrogens is 436 g/mol. The highest BCUT2D eigenvalue weighted by Crippen LogP contribution is 2.20. The van der Waals surface area contributed by atoms with Crippen LogP contribution in [0.4, 0.5) is 5.69 Å². The topological polar surface area (TPSA) is 80.6 Å². The van der Waals surface area contributed by atoms with Crippen LogP contribution in [0.3, 0.4) is 0 Å². The SMILES string of the molecule is CC(C)NC(=O)c1ccccc1NC(=O)c1ccc(COc2cccc(Br)c2)o1. The predicted molar refractivity (Wildman–Crippen MR) is 114 cm³/mol. The Morgan fingerprint density at radius 3 is 2.59 bits per heavy atom. The first-order chi connectivity index (χ1) is 13.9. The Balaban J connectivity index is 1.66. The van der Waals surface area contributed by atoms with Gasteiger partial charge in [0.2, 0.25) is 0 Å². The minimum Gasteiger partial charge on any atom is -0.486 e. The summed E-state index contributed by atoms with van der Waals surface area (Å²) in [5, 5.41) is 5.55. The van der Waals surface area contributed by atoms with Crippen LogP contribution in [0.5, 0.6) is 5.75 Å². The first-order valence-corrected chi connectivity index (χ1v) is 9.90. The van der Waals surface area contributed by atoms with Gasteiger partial charge in [0, 0.05) is 10.5 Å². The molecule has 0 aliphatic heterocycles. The second-order valence-corrected chi connectivity index (χ2v) is 7.56. The van der Waals surface area contributed by atoms with E-state index in [1.807, 2.05) is 38.1 Å². The van der Waals surface area contributed by atoms with Crippen molar-refractivity contribution < 1.29 is 18.7 Å². The van der Waals surface area contributed by atoms with Crippen LogP contribution in [-0.4, -0.2) is 17.9 Å². The van der Waals surface area contributed by atoms with E-state index < -0.39 is 5.91 Å². The number of halogens is 1. The van der Waals surface area contributed by atoms with E-state index in [1.165, 1.54) is 0 Å². The van der Waals surface area contributed by atoms with Crippen molar-refractivity contribution in [3.63, 3.8) is 0 Å². The third-order valence-corrected chi connectivity index (χ3v) is 4.40. The number of amides is 2. The van der Waals surface area contributed by atoms with Crippen molar-refractivity contribution in [2.75, 3.05) is 5.32 Å². The maximum Gasteiger partial charge on any atom is 0.291 e. The van der Waals surface area contributed by atoms with Crippen LogP contribution in [0.15, 0.2) is 69.6 Å². The Labute approximate surface area is 177 Å². The molecule has 0 saturated heterocycles. The molecular formula is C22H21BrN2O4. The minimum absolute atomic E-state index is 0.0101. The summed E-state index contributed by atoms with van der Waals surface area (Å²) in [6.45, 7) is 3.94. The highest BCUT2D eigenvalue weighted by atomic mass is 79.9. The molecule has 2 aromatic carbocycles. The summed E-state index contributed by atoms with van der Waals surface area (Å²) < 4.78 is 12.2. The van der Waals surface area contributed by atoms with Crippen molar-refractivity contribution in [1.29, 1.82) is 0 Å². The molecule has 0 spiro atoms. The molecule has 3 rings (SSSR count). The van der Waals surface area contributed by atoms with Crippen molar-refractivity contribution in [2.45, 2.75) is 26.5 Å². The Hall–Kier alpha value is -3.06. The van der Waals surface area contributed by atoms with Gasteiger partial charge in [-0.15, -0.1) is 0 Å². The number of furan rings is 1. The molecule has 29 heavy (non-hydrogen) atoms. The maximum absolute atomic E-state index is 12.6. The lowest BCUT2D eigenvalue weighted by Crippen LogP contribution is -2.31. The zero-order valence-electron chi connectivity index (χ0n) is 16.1. The van der Waals surface area contributed by atoms with E-state index in [0.29, 0.717) is 22.8 Å². The highest BCUT2D eigenvalue weighted by molar-refractivity contribution is 9.10. The molecule has 150 valence electrons. The number of rotatable bonds is 7. The zero-order valence-corrected chi connectivity index (χ0v) is 17.7. The fraction of sp³-hybridized carbons (Fsp3) is 0.182. The molecule has 0 unspecified atom stereocenters. The van der Waals surface area contributed by atoms with Gasteiger partial charge in [0.1, 0.15) is 18.1 Å². The Kier molecular flexibility index (Phi) is 6.72. The first-order valence-electron chi connectivity index (χ1n) is 9.10. The average molecular weight is 457 g/mol. The van der Waals surface area contributed by atoms with Crippen LogP contribution in [0.1, 0.15) is 40.5 Å². The van der Waals surface area contributed by atoms with Gasteiger partial charge in [0.25, 0.3) is 11.8 Å². The van der Waals surface area contributed by atoms with Gasteiger partial charge in [-0.2, -0.15) is 0 Å². The average Bonchev–Trinajstić information content (AvgIpc) is 3.15. The van der Waals surface area contributed by atoms with Crippen LogP contribution in [0.25, 0.3) is 0 Å². The van der Waals surface area contributed by atoms with Crippen molar-refractivity contribution in [2.24, 2.45) is 0 Å². The zero-order chi connectivity index (χ0) is 20.8. The largest absolute Gasteiger partial charge is 0.486 e. The first kappa shape index (κ1) is 20.7. The smallest absolute Gasteiger partial charge is 0.291 e. The lowest BCUT2D eigenvalue weighted by molar-refractivity contribution is 0.0944. The number of hydrogen-bond acceptors (Lipinski definition) is 4. The van der Waals surface area contributed by atoms with Gasteiger partial charge in [-0.25, -0.2) is 0 Å². The normalized spacial score (nSPS) is 10.6. The van der Waals surface area contributed by atoms with Gasteiger partial charge in [0.15, 0.2) is 5.76 Å². The summed E-state index contributed by atoms with van der Waals surface area (Å²) in [5.74, 6) is 0.645. The van der Waals surface area contributed by atoms with Crippen LogP contribution in [-0.2, 0) is 6.61 Å². The molecule has 0 radical (unpaired) electrons. The lowest BCUT2D eigenvalue weighted by atomic mass is 10.1. The molecule has 0 saturated carbocycles. The molecule has 0 atom stereocenters. The third-order valence-electron chi connectivity index (χ3n) is 3.90. The van der Waals surface area contributed by atoms with Gasteiger partial charge in [-0.1, -0.05) is 34.1 Å². The molecule has 0 bridgehead atoms. The minimum atomic E-state index is -0.441. The monoisotopic (exact) mass is 456 g/mol. The van der Waals surface area contributed by atoms with Crippen LogP contribution >= 0.6 is 15.9 Å². The van der Waals surface area contributed by atoms with E-state index in [1.54, 1.807) is 36.4 Å². The number of benzene rings is 2. The standard InChI is InChI=1S/C22H21BrN2O4/c1-14(2)24-21(26)18-8-3-4-9-19(18)25-22(27)20-11-10-17(29-20)13-28-16-7-5-6-15(23)12-16/h3-12,14H,13H2,1-2H3,(H,24,26)(H,25,27).